The molecule has 1 atom stereocenters. The summed E-state index contributed by atoms with van der Waals surface area (Å²) in [5.74, 6) is -0.335. The molecule has 0 spiro atoms. The van der Waals surface area contributed by atoms with Gasteiger partial charge in [-0.05, 0) is 74.0 Å². The minimum Gasteiger partial charge on any atom is -0.350 e. The second kappa shape index (κ2) is 10.4. The van der Waals surface area contributed by atoms with Crippen molar-refractivity contribution in [3.8, 4) is 0 Å². The summed E-state index contributed by atoms with van der Waals surface area (Å²) in [6.45, 7) is 2.48. The average Bonchev–Trinajstić information content (AvgIpc) is 3.36. The summed E-state index contributed by atoms with van der Waals surface area (Å²) in [5.41, 5.74) is 2.81. The van der Waals surface area contributed by atoms with Gasteiger partial charge in [-0.2, -0.15) is 0 Å². The van der Waals surface area contributed by atoms with Crippen LogP contribution in [-0.4, -0.2) is 36.3 Å². The third-order valence-corrected chi connectivity index (χ3v) is 6.09. The van der Waals surface area contributed by atoms with Crippen molar-refractivity contribution in [2.24, 2.45) is 0 Å². The average molecular weight is 448 g/mol. The maximum absolute atomic E-state index is 12.8. The van der Waals surface area contributed by atoms with Gasteiger partial charge < -0.3 is 10.6 Å². The van der Waals surface area contributed by atoms with E-state index in [1.54, 1.807) is 36.4 Å². The van der Waals surface area contributed by atoms with Gasteiger partial charge in [0.1, 0.15) is 0 Å². The Morgan fingerprint density at radius 2 is 1.44 bits per heavy atom. The highest BCUT2D eigenvalue weighted by atomic mass is 35.5. The van der Waals surface area contributed by atoms with E-state index in [1.807, 2.05) is 42.5 Å². The van der Waals surface area contributed by atoms with E-state index in [4.69, 9.17) is 11.6 Å². The summed E-state index contributed by atoms with van der Waals surface area (Å²) in [7, 11) is 0. The number of hydrogen-bond donors (Lipinski definition) is 2. The number of benzene rings is 3. The molecule has 5 nitrogen and oxygen atoms in total. The molecule has 3 aromatic carbocycles. The quantitative estimate of drug-likeness (QED) is 0.526. The third-order valence-electron chi connectivity index (χ3n) is 5.74. The highest BCUT2D eigenvalue weighted by Crippen LogP contribution is 2.29. The topological polar surface area (TPSA) is 61.4 Å². The fraction of sp³-hybridized carbons (Fsp3) is 0.231. The van der Waals surface area contributed by atoms with Crippen molar-refractivity contribution >= 4 is 29.1 Å². The van der Waals surface area contributed by atoms with Crippen LogP contribution in [0.3, 0.4) is 0 Å². The van der Waals surface area contributed by atoms with Crippen LogP contribution in [0.25, 0.3) is 0 Å². The lowest BCUT2D eigenvalue weighted by Gasteiger charge is -2.29. The fourth-order valence-electron chi connectivity index (χ4n) is 4.02. The van der Waals surface area contributed by atoms with Gasteiger partial charge in [0.2, 0.25) is 0 Å². The van der Waals surface area contributed by atoms with Crippen LogP contribution in [-0.2, 0) is 0 Å². The molecule has 1 unspecified atom stereocenters. The van der Waals surface area contributed by atoms with E-state index >= 15 is 0 Å². The van der Waals surface area contributed by atoms with Gasteiger partial charge in [-0.1, -0.05) is 48.0 Å². The molecule has 4 rings (SSSR count). The molecule has 1 aliphatic rings. The Morgan fingerprint density at radius 1 is 0.812 bits per heavy atom. The highest BCUT2D eigenvalue weighted by Gasteiger charge is 2.25. The zero-order valence-electron chi connectivity index (χ0n) is 17.8. The largest absolute Gasteiger partial charge is 0.350 e. The standard InChI is InChI=1S/C26H26ClN3O2/c27-23-11-5-4-10-22(23)24(30-16-6-7-17-30)18-28-25(31)20-12-14-21(15-13-20)29-26(32)19-8-2-1-3-9-19/h1-5,8-15,24H,6-7,16-18H2,(H,28,31)(H,29,32). The number of halogens is 1. The number of carbonyl (C=O) groups is 2. The SMILES string of the molecule is O=C(NCC(c1ccccc1Cl)N1CCCC1)c1ccc(NC(=O)c2ccccc2)cc1. The molecule has 0 bridgehead atoms. The van der Waals surface area contributed by atoms with Crippen molar-refractivity contribution in [3.63, 3.8) is 0 Å². The van der Waals surface area contributed by atoms with E-state index < -0.39 is 0 Å². The molecule has 2 amide bonds. The van der Waals surface area contributed by atoms with E-state index in [0.717, 1.165) is 36.5 Å². The van der Waals surface area contributed by atoms with Crippen LogP contribution in [0.4, 0.5) is 5.69 Å². The van der Waals surface area contributed by atoms with Gasteiger partial charge in [0.05, 0.1) is 6.04 Å². The molecular weight excluding hydrogens is 422 g/mol. The summed E-state index contributed by atoms with van der Waals surface area (Å²) < 4.78 is 0. The van der Waals surface area contributed by atoms with Gasteiger partial charge in [0.25, 0.3) is 11.8 Å². The Morgan fingerprint density at radius 3 is 2.12 bits per heavy atom. The Bertz CT molecular complexity index is 1060. The first-order valence-electron chi connectivity index (χ1n) is 10.8. The Hall–Kier alpha value is -3.15. The minimum absolute atomic E-state index is 0.0413. The van der Waals surface area contributed by atoms with Crippen molar-refractivity contribution < 1.29 is 9.59 Å². The van der Waals surface area contributed by atoms with Crippen LogP contribution < -0.4 is 10.6 Å². The molecule has 0 aliphatic carbocycles. The second-order valence-electron chi connectivity index (χ2n) is 7.89. The first-order chi connectivity index (χ1) is 15.6. The zero-order chi connectivity index (χ0) is 22.3. The molecule has 6 heteroatoms. The Labute approximate surface area is 193 Å². The molecule has 0 radical (unpaired) electrons. The van der Waals surface area contributed by atoms with Crippen LogP contribution in [0.1, 0.15) is 45.2 Å². The lowest BCUT2D eigenvalue weighted by molar-refractivity contribution is 0.0937. The van der Waals surface area contributed by atoms with Gasteiger partial charge in [-0.15, -0.1) is 0 Å². The van der Waals surface area contributed by atoms with Crippen LogP contribution in [0.5, 0.6) is 0 Å². The number of amides is 2. The zero-order valence-corrected chi connectivity index (χ0v) is 18.5. The molecular formula is C26H26ClN3O2. The number of carbonyl (C=O) groups excluding carboxylic acids is 2. The van der Waals surface area contributed by atoms with Gasteiger partial charge in [-0.3, -0.25) is 14.5 Å². The van der Waals surface area contributed by atoms with Crippen molar-refractivity contribution in [2.75, 3.05) is 25.0 Å². The molecule has 32 heavy (non-hydrogen) atoms. The van der Waals surface area contributed by atoms with E-state index in [2.05, 4.69) is 15.5 Å². The smallest absolute Gasteiger partial charge is 0.255 e. The van der Waals surface area contributed by atoms with Crippen LogP contribution in [0.2, 0.25) is 5.02 Å². The normalized spacial score (nSPS) is 14.7. The summed E-state index contributed by atoms with van der Waals surface area (Å²) in [5, 5.41) is 6.63. The maximum atomic E-state index is 12.8. The van der Waals surface area contributed by atoms with Crippen molar-refractivity contribution in [2.45, 2.75) is 18.9 Å². The second-order valence-corrected chi connectivity index (χ2v) is 8.30. The summed E-state index contributed by atoms with van der Waals surface area (Å²) in [6, 6.07) is 23.8. The van der Waals surface area contributed by atoms with Crippen molar-refractivity contribution in [3.05, 3.63) is 101 Å². The molecule has 2 N–H and O–H groups in total. The monoisotopic (exact) mass is 447 g/mol. The Kier molecular flexibility index (Phi) is 7.20. The minimum atomic E-state index is -0.184. The first-order valence-corrected chi connectivity index (χ1v) is 11.2. The van der Waals surface area contributed by atoms with Gasteiger partial charge in [0.15, 0.2) is 0 Å². The lowest BCUT2D eigenvalue weighted by atomic mass is 10.0. The third kappa shape index (κ3) is 5.36. The molecule has 1 heterocycles. The fourth-order valence-corrected chi connectivity index (χ4v) is 4.29. The molecule has 164 valence electrons. The van der Waals surface area contributed by atoms with Gasteiger partial charge >= 0.3 is 0 Å². The Balaban J connectivity index is 1.39. The number of likely N-dealkylation sites (tertiary alicyclic amines) is 1. The molecule has 3 aromatic rings. The number of hydrogen-bond acceptors (Lipinski definition) is 3. The van der Waals surface area contributed by atoms with E-state index in [0.29, 0.717) is 23.4 Å². The van der Waals surface area contributed by atoms with Crippen LogP contribution in [0.15, 0.2) is 78.9 Å². The predicted octanol–water partition coefficient (Wildman–Crippen LogP) is 5.16. The van der Waals surface area contributed by atoms with Crippen molar-refractivity contribution in [1.29, 1.82) is 0 Å². The van der Waals surface area contributed by atoms with Crippen LogP contribution >= 0.6 is 11.6 Å². The van der Waals surface area contributed by atoms with Gasteiger partial charge in [-0.25, -0.2) is 0 Å². The number of rotatable bonds is 7. The van der Waals surface area contributed by atoms with Gasteiger partial charge in [0, 0.05) is 28.4 Å². The number of anilines is 1. The molecule has 1 fully saturated rings. The van der Waals surface area contributed by atoms with Crippen molar-refractivity contribution in [1.82, 2.24) is 10.2 Å². The molecule has 0 saturated carbocycles. The van der Waals surface area contributed by atoms with Crippen LogP contribution in [0, 0.1) is 0 Å². The van der Waals surface area contributed by atoms with E-state index in [-0.39, 0.29) is 17.9 Å². The van der Waals surface area contributed by atoms with E-state index in [9.17, 15) is 9.59 Å². The maximum Gasteiger partial charge on any atom is 0.255 e. The lowest BCUT2D eigenvalue weighted by Crippen LogP contribution is -2.37. The molecule has 0 aromatic heterocycles. The molecule has 1 aliphatic heterocycles. The van der Waals surface area contributed by atoms with E-state index in [1.165, 1.54) is 0 Å². The first kappa shape index (κ1) is 22.1. The summed E-state index contributed by atoms with van der Waals surface area (Å²) >= 11 is 6.46. The summed E-state index contributed by atoms with van der Waals surface area (Å²) in [4.78, 5) is 27.5. The predicted molar refractivity (Wildman–Crippen MR) is 128 cm³/mol. The summed E-state index contributed by atoms with van der Waals surface area (Å²) in [6.07, 6.45) is 2.32. The molecule has 1 saturated heterocycles. The number of nitrogens with one attached hydrogen (secondary N) is 2. The number of nitrogens with zero attached hydrogens (tertiary/aromatic N) is 1. The highest BCUT2D eigenvalue weighted by molar-refractivity contribution is 6.31.